The first kappa shape index (κ1) is 12.0. The molecule has 86 valence electrons. The molecule has 0 aromatic rings. The predicted octanol–water partition coefficient (Wildman–Crippen LogP) is 0.565. The minimum absolute atomic E-state index is 0.000888. The molecule has 0 spiro atoms. The Morgan fingerprint density at radius 2 is 2.20 bits per heavy atom. The van der Waals surface area contributed by atoms with Crippen LogP contribution in [-0.2, 0) is 9.59 Å². The Morgan fingerprint density at radius 1 is 1.60 bits per heavy atom. The van der Waals surface area contributed by atoms with Gasteiger partial charge < -0.3 is 5.11 Å². The maximum atomic E-state index is 11.6. The highest BCUT2D eigenvalue weighted by Crippen LogP contribution is 2.23. The van der Waals surface area contributed by atoms with Gasteiger partial charge in [0.25, 0.3) is 0 Å². The van der Waals surface area contributed by atoms with E-state index in [2.05, 4.69) is 13.8 Å². The standard InChI is InChI=1S/C10H18N2O3/c1-7(2)8-6-9(13)12(11(8)3)5-4-10(14)15/h7-8H,4-6H2,1-3H3,(H,14,15). The summed E-state index contributed by atoms with van der Waals surface area (Å²) in [6, 6.07) is 0.200. The van der Waals surface area contributed by atoms with Gasteiger partial charge in [-0.25, -0.2) is 5.01 Å². The normalized spacial score (nSPS) is 22.8. The molecule has 1 aliphatic heterocycles. The fraction of sp³-hybridized carbons (Fsp3) is 0.800. The number of hydrazine groups is 1. The summed E-state index contributed by atoms with van der Waals surface area (Å²) in [5, 5.41) is 12.0. The van der Waals surface area contributed by atoms with Gasteiger partial charge in [0, 0.05) is 26.1 Å². The van der Waals surface area contributed by atoms with E-state index in [9.17, 15) is 9.59 Å². The predicted molar refractivity (Wildman–Crippen MR) is 55.0 cm³/mol. The largest absolute Gasteiger partial charge is 0.481 e. The molecule has 0 aromatic heterocycles. The van der Waals surface area contributed by atoms with Gasteiger partial charge in [0.2, 0.25) is 5.91 Å². The molecule has 0 aromatic carbocycles. The monoisotopic (exact) mass is 214 g/mol. The first-order valence-electron chi connectivity index (χ1n) is 5.18. The van der Waals surface area contributed by atoms with E-state index in [1.165, 1.54) is 0 Å². The van der Waals surface area contributed by atoms with Crippen LogP contribution >= 0.6 is 0 Å². The molecular weight excluding hydrogens is 196 g/mol. The van der Waals surface area contributed by atoms with Gasteiger partial charge in [-0.3, -0.25) is 14.6 Å². The number of carbonyl (C=O) groups excluding carboxylic acids is 1. The molecule has 0 radical (unpaired) electrons. The Labute approximate surface area is 89.6 Å². The lowest BCUT2D eigenvalue weighted by Crippen LogP contribution is -2.42. The molecule has 1 atom stereocenters. The SMILES string of the molecule is CC(C)C1CC(=O)N(CCC(=O)O)N1C. The fourth-order valence-corrected chi connectivity index (χ4v) is 1.92. The number of hydrogen-bond acceptors (Lipinski definition) is 3. The molecule has 1 rings (SSSR count). The molecule has 5 heteroatoms. The zero-order chi connectivity index (χ0) is 11.6. The van der Waals surface area contributed by atoms with Crippen LogP contribution in [0.15, 0.2) is 0 Å². The molecule has 1 heterocycles. The average Bonchev–Trinajstić information content (AvgIpc) is 2.39. The maximum absolute atomic E-state index is 11.6. The number of amides is 1. The number of nitrogens with zero attached hydrogens (tertiary/aromatic N) is 2. The Bertz CT molecular complexity index is 265. The molecule has 1 amide bonds. The summed E-state index contributed by atoms with van der Waals surface area (Å²) in [6.07, 6.45) is 0.495. The third-order valence-corrected chi connectivity index (χ3v) is 2.84. The second-order valence-electron chi connectivity index (χ2n) is 4.25. The van der Waals surface area contributed by atoms with Gasteiger partial charge in [0.1, 0.15) is 0 Å². The van der Waals surface area contributed by atoms with Gasteiger partial charge in [-0.05, 0) is 5.92 Å². The third kappa shape index (κ3) is 2.68. The molecule has 5 nitrogen and oxygen atoms in total. The van der Waals surface area contributed by atoms with Crippen LogP contribution in [-0.4, -0.2) is 46.6 Å². The molecule has 0 saturated carbocycles. The first-order chi connectivity index (χ1) is 6.93. The first-order valence-corrected chi connectivity index (χ1v) is 5.18. The van der Waals surface area contributed by atoms with Gasteiger partial charge in [0.05, 0.1) is 6.42 Å². The third-order valence-electron chi connectivity index (χ3n) is 2.84. The van der Waals surface area contributed by atoms with Crippen molar-refractivity contribution in [3.8, 4) is 0 Å². The number of carbonyl (C=O) groups is 2. The van der Waals surface area contributed by atoms with Crippen molar-refractivity contribution in [3.63, 3.8) is 0 Å². The van der Waals surface area contributed by atoms with Gasteiger partial charge >= 0.3 is 5.97 Å². The quantitative estimate of drug-likeness (QED) is 0.743. The number of carboxylic acid groups (broad SMARTS) is 1. The van der Waals surface area contributed by atoms with Crippen molar-refractivity contribution in [1.29, 1.82) is 0 Å². The summed E-state index contributed by atoms with van der Waals surface area (Å²) in [5.41, 5.74) is 0. The van der Waals surface area contributed by atoms with Crippen molar-refractivity contribution in [1.82, 2.24) is 10.0 Å². The van der Waals surface area contributed by atoms with Crippen molar-refractivity contribution in [2.45, 2.75) is 32.7 Å². The van der Waals surface area contributed by atoms with Crippen molar-refractivity contribution in [3.05, 3.63) is 0 Å². The van der Waals surface area contributed by atoms with Crippen molar-refractivity contribution in [2.24, 2.45) is 5.92 Å². The van der Waals surface area contributed by atoms with Gasteiger partial charge in [-0.1, -0.05) is 13.8 Å². The molecule has 1 fully saturated rings. The highest BCUT2D eigenvalue weighted by molar-refractivity contribution is 5.79. The molecule has 1 N–H and O–H groups in total. The minimum Gasteiger partial charge on any atom is -0.481 e. The lowest BCUT2D eigenvalue weighted by atomic mass is 10.0. The van der Waals surface area contributed by atoms with Gasteiger partial charge in [0.15, 0.2) is 0 Å². The minimum atomic E-state index is -0.871. The van der Waals surface area contributed by atoms with Crippen LogP contribution in [0.2, 0.25) is 0 Å². The van der Waals surface area contributed by atoms with E-state index >= 15 is 0 Å². The van der Waals surface area contributed by atoms with Crippen LogP contribution in [0.3, 0.4) is 0 Å². The van der Waals surface area contributed by atoms with Gasteiger partial charge in [-0.2, -0.15) is 0 Å². The summed E-state index contributed by atoms with van der Waals surface area (Å²) >= 11 is 0. The smallest absolute Gasteiger partial charge is 0.305 e. The van der Waals surface area contributed by atoms with E-state index in [1.54, 1.807) is 5.01 Å². The van der Waals surface area contributed by atoms with Crippen LogP contribution in [0.25, 0.3) is 0 Å². The van der Waals surface area contributed by atoms with Crippen LogP contribution < -0.4 is 0 Å². The highest BCUT2D eigenvalue weighted by Gasteiger charge is 2.36. The summed E-state index contributed by atoms with van der Waals surface area (Å²) in [4.78, 5) is 22.0. The topological polar surface area (TPSA) is 60.9 Å². The second-order valence-corrected chi connectivity index (χ2v) is 4.25. The molecule has 1 unspecified atom stereocenters. The van der Waals surface area contributed by atoms with Crippen LogP contribution in [0, 0.1) is 5.92 Å². The molecule has 1 saturated heterocycles. The van der Waals surface area contributed by atoms with Crippen molar-refractivity contribution >= 4 is 11.9 Å². The molecule has 1 aliphatic rings. The number of carboxylic acids is 1. The second kappa shape index (κ2) is 4.61. The zero-order valence-electron chi connectivity index (χ0n) is 9.43. The van der Waals surface area contributed by atoms with E-state index in [0.717, 1.165) is 0 Å². The summed E-state index contributed by atoms with van der Waals surface area (Å²) in [5.74, 6) is -0.449. The van der Waals surface area contributed by atoms with E-state index in [1.807, 2.05) is 12.1 Å². The lowest BCUT2D eigenvalue weighted by molar-refractivity contribution is -0.142. The lowest BCUT2D eigenvalue weighted by Gasteiger charge is -2.29. The average molecular weight is 214 g/mol. The van der Waals surface area contributed by atoms with Crippen molar-refractivity contribution < 1.29 is 14.7 Å². The van der Waals surface area contributed by atoms with Crippen LogP contribution in [0.4, 0.5) is 0 Å². The molecular formula is C10H18N2O3. The maximum Gasteiger partial charge on any atom is 0.305 e. The van der Waals surface area contributed by atoms with Crippen LogP contribution in [0.5, 0.6) is 0 Å². The summed E-state index contributed by atoms with van der Waals surface area (Å²) < 4.78 is 0. The Hall–Kier alpha value is -1.10. The zero-order valence-corrected chi connectivity index (χ0v) is 9.43. The highest BCUT2D eigenvalue weighted by atomic mass is 16.4. The summed E-state index contributed by atoms with van der Waals surface area (Å²) in [7, 11) is 1.84. The summed E-state index contributed by atoms with van der Waals surface area (Å²) in [6.45, 7) is 4.40. The number of hydrogen-bond donors (Lipinski definition) is 1. The van der Waals surface area contributed by atoms with Gasteiger partial charge in [-0.15, -0.1) is 0 Å². The Morgan fingerprint density at radius 3 is 2.60 bits per heavy atom. The number of aliphatic carboxylic acids is 1. The molecule has 0 aliphatic carbocycles. The van der Waals surface area contributed by atoms with E-state index in [0.29, 0.717) is 12.3 Å². The number of rotatable bonds is 4. The molecule has 0 bridgehead atoms. The molecule has 15 heavy (non-hydrogen) atoms. The van der Waals surface area contributed by atoms with Crippen LogP contribution in [0.1, 0.15) is 26.7 Å². The fourth-order valence-electron chi connectivity index (χ4n) is 1.92. The Kier molecular flexibility index (Phi) is 3.68. The Balaban J connectivity index is 2.58. The van der Waals surface area contributed by atoms with E-state index < -0.39 is 5.97 Å². The van der Waals surface area contributed by atoms with E-state index in [-0.39, 0.29) is 24.9 Å². The van der Waals surface area contributed by atoms with E-state index in [4.69, 9.17) is 5.11 Å². The van der Waals surface area contributed by atoms with Crippen molar-refractivity contribution in [2.75, 3.05) is 13.6 Å².